The molecule has 9 heteroatoms. The first-order chi connectivity index (χ1) is 16.7. The summed E-state index contributed by atoms with van der Waals surface area (Å²) in [6.45, 7) is 5.51. The van der Waals surface area contributed by atoms with Crippen LogP contribution in [0.1, 0.15) is 26.0 Å². The van der Waals surface area contributed by atoms with Crippen LogP contribution in [0.5, 0.6) is 17.2 Å². The van der Waals surface area contributed by atoms with Gasteiger partial charge in [-0.3, -0.25) is 0 Å². The number of H-pyrrole nitrogens is 1. The van der Waals surface area contributed by atoms with E-state index in [2.05, 4.69) is 34.4 Å². The highest BCUT2D eigenvalue weighted by atomic mass is 32.2. The van der Waals surface area contributed by atoms with Crippen LogP contribution in [-0.2, 0) is 14.6 Å². The van der Waals surface area contributed by atoms with E-state index in [1.165, 1.54) is 12.3 Å². The molecule has 0 radical (unpaired) electrons. The van der Waals surface area contributed by atoms with E-state index in [0.29, 0.717) is 29.8 Å². The Hall–Kier alpha value is -3.30. The van der Waals surface area contributed by atoms with Crippen molar-refractivity contribution in [2.75, 3.05) is 26.5 Å². The van der Waals surface area contributed by atoms with Gasteiger partial charge in [-0.2, -0.15) is 0 Å². The first-order valence-electron chi connectivity index (χ1n) is 11.5. The summed E-state index contributed by atoms with van der Waals surface area (Å²) in [7, 11) is -1.75. The minimum absolute atomic E-state index is 0.00457. The van der Waals surface area contributed by atoms with E-state index in [-0.39, 0.29) is 11.1 Å². The lowest BCUT2D eigenvalue weighted by Crippen LogP contribution is -2.17. The lowest BCUT2D eigenvalue weighted by atomic mass is 10.1. The molecular formula is C26H31N3O5S. The molecule has 0 aliphatic carbocycles. The van der Waals surface area contributed by atoms with Crippen LogP contribution in [0.4, 0.5) is 0 Å². The molecule has 1 aliphatic heterocycles. The number of aromatic nitrogens is 2. The number of sulfone groups is 1. The minimum atomic E-state index is -3.38. The first-order valence-corrected chi connectivity index (χ1v) is 13.4. The monoisotopic (exact) mass is 497 g/mol. The van der Waals surface area contributed by atoms with Crippen molar-refractivity contribution in [1.82, 2.24) is 15.3 Å². The zero-order valence-electron chi connectivity index (χ0n) is 20.4. The second kappa shape index (κ2) is 10.5. The van der Waals surface area contributed by atoms with Crippen molar-refractivity contribution in [2.24, 2.45) is 5.92 Å². The molecule has 2 aromatic heterocycles. The van der Waals surface area contributed by atoms with Crippen LogP contribution >= 0.6 is 0 Å². The quantitative estimate of drug-likeness (QED) is 0.420. The van der Waals surface area contributed by atoms with Crippen LogP contribution in [0.15, 0.2) is 59.8 Å². The number of ether oxygens (including phenoxy) is 3. The molecular weight excluding hydrogens is 466 g/mol. The maximum absolute atomic E-state index is 11.7. The molecule has 3 heterocycles. The summed E-state index contributed by atoms with van der Waals surface area (Å²) in [5, 5.41) is 3.46. The molecule has 0 unspecified atom stereocenters. The van der Waals surface area contributed by atoms with Crippen LogP contribution in [0.2, 0.25) is 0 Å². The minimum Gasteiger partial charge on any atom is -0.488 e. The van der Waals surface area contributed by atoms with Crippen LogP contribution in [0.3, 0.4) is 0 Å². The van der Waals surface area contributed by atoms with Crippen molar-refractivity contribution < 1.29 is 22.6 Å². The largest absolute Gasteiger partial charge is 0.488 e. The topological polar surface area (TPSA) is 103 Å². The maximum Gasteiger partial charge on any atom is 0.192 e. The normalized spacial score (nSPS) is 16.5. The number of methoxy groups -OCH3 is 1. The Morgan fingerprint density at radius 2 is 1.86 bits per heavy atom. The van der Waals surface area contributed by atoms with Gasteiger partial charge in [-0.15, -0.1) is 0 Å². The zero-order chi connectivity index (χ0) is 25.0. The van der Waals surface area contributed by atoms with Crippen molar-refractivity contribution in [3.8, 4) is 28.5 Å². The number of pyridine rings is 1. The highest BCUT2D eigenvalue weighted by Crippen LogP contribution is 2.33. The van der Waals surface area contributed by atoms with Crippen molar-refractivity contribution in [2.45, 2.75) is 31.4 Å². The van der Waals surface area contributed by atoms with Crippen molar-refractivity contribution in [3.05, 3.63) is 60.4 Å². The van der Waals surface area contributed by atoms with Crippen molar-refractivity contribution >= 4 is 15.5 Å². The second-order valence-corrected chi connectivity index (χ2v) is 10.7. The Kier molecular flexibility index (Phi) is 7.47. The number of hydrogen-bond acceptors (Lipinski definition) is 7. The summed E-state index contributed by atoms with van der Waals surface area (Å²) in [6, 6.07) is 12.7. The molecule has 1 aliphatic rings. The highest BCUT2D eigenvalue weighted by Gasteiger charge is 2.17. The summed E-state index contributed by atoms with van der Waals surface area (Å²) in [5.74, 6) is 2.13. The van der Waals surface area contributed by atoms with Crippen LogP contribution in [-0.4, -0.2) is 51.0 Å². The fraction of sp³-hybridized carbons (Fsp3) is 0.346. The van der Waals surface area contributed by atoms with Gasteiger partial charge in [0.15, 0.2) is 14.9 Å². The van der Waals surface area contributed by atoms with Gasteiger partial charge in [0.1, 0.15) is 23.4 Å². The summed E-state index contributed by atoms with van der Waals surface area (Å²) in [5.41, 5.74) is 3.94. The number of hydrogen-bond donors (Lipinski definition) is 2. The number of nitrogens with zero attached hydrogens (tertiary/aromatic N) is 1. The van der Waals surface area contributed by atoms with Gasteiger partial charge in [0, 0.05) is 37.2 Å². The zero-order valence-corrected chi connectivity index (χ0v) is 21.2. The molecule has 2 N–H and O–H groups in total. The molecule has 186 valence electrons. The van der Waals surface area contributed by atoms with Gasteiger partial charge in [-0.1, -0.05) is 13.0 Å². The lowest BCUT2D eigenvalue weighted by Gasteiger charge is -2.16. The fourth-order valence-electron chi connectivity index (χ4n) is 3.90. The number of rotatable bonds is 10. The van der Waals surface area contributed by atoms with Gasteiger partial charge in [0.2, 0.25) is 0 Å². The van der Waals surface area contributed by atoms with E-state index in [9.17, 15) is 8.42 Å². The van der Waals surface area contributed by atoms with E-state index in [1.54, 1.807) is 19.2 Å². The van der Waals surface area contributed by atoms with Crippen molar-refractivity contribution in [1.29, 1.82) is 0 Å². The van der Waals surface area contributed by atoms with Gasteiger partial charge in [0.25, 0.3) is 0 Å². The summed E-state index contributed by atoms with van der Waals surface area (Å²) in [4.78, 5) is 7.49. The van der Waals surface area contributed by atoms with Crippen molar-refractivity contribution in [3.63, 3.8) is 0 Å². The Balaban J connectivity index is 1.63. The van der Waals surface area contributed by atoms with E-state index in [4.69, 9.17) is 14.2 Å². The third-order valence-corrected chi connectivity index (χ3v) is 6.71. The fourth-order valence-corrected chi connectivity index (χ4v) is 4.46. The number of aromatic amines is 1. The van der Waals surface area contributed by atoms with Gasteiger partial charge < -0.3 is 24.5 Å². The van der Waals surface area contributed by atoms with Gasteiger partial charge >= 0.3 is 0 Å². The van der Waals surface area contributed by atoms with Crippen LogP contribution in [0.25, 0.3) is 17.0 Å². The van der Waals surface area contributed by atoms with Gasteiger partial charge in [-0.25, -0.2) is 13.4 Å². The predicted molar refractivity (Wildman–Crippen MR) is 135 cm³/mol. The molecule has 0 saturated carbocycles. The average molecular weight is 498 g/mol. The van der Waals surface area contributed by atoms with E-state index < -0.39 is 9.84 Å². The molecule has 2 atom stereocenters. The molecule has 0 bridgehead atoms. The number of nitrogens with one attached hydrogen (secondary N) is 2. The molecule has 3 aromatic rings. The third-order valence-electron chi connectivity index (χ3n) is 5.71. The summed E-state index contributed by atoms with van der Waals surface area (Å²) in [6.07, 6.45) is 5.73. The lowest BCUT2D eigenvalue weighted by molar-refractivity contribution is 0.0920. The molecule has 0 spiro atoms. The van der Waals surface area contributed by atoms with Gasteiger partial charge in [-0.05, 0) is 55.7 Å². The molecule has 8 nitrogen and oxygen atoms in total. The molecule has 0 saturated heterocycles. The molecule has 4 rings (SSSR count). The summed E-state index contributed by atoms with van der Waals surface area (Å²) >= 11 is 0. The smallest absolute Gasteiger partial charge is 0.192 e. The Morgan fingerprint density at radius 3 is 2.51 bits per heavy atom. The van der Waals surface area contributed by atoms with E-state index in [1.807, 2.05) is 25.1 Å². The maximum atomic E-state index is 11.7. The van der Waals surface area contributed by atoms with Crippen LogP contribution in [0, 0.1) is 5.92 Å². The third kappa shape index (κ3) is 6.23. The van der Waals surface area contributed by atoms with E-state index >= 15 is 0 Å². The average Bonchev–Trinajstić information content (AvgIpc) is 3.48. The molecule has 35 heavy (non-hydrogen) atoms. The van der Waals surface area contributed by atoms with E-state index in [0.717, 1.165) is 41.9 Å². The summed E-state index contributed by atoms with van der Waals surface area (Å²) < 4.78 is 40.7. The highest BCUT2D eigenvalue weighted by molar-refractivity contribution is 7.90. The predicted octanol–water partition coefficient (Wildman–Crippen LogP) is 4.66. The Bertz CT molecular complexity index is 1300. The second-order valence-electron chi connectivity index (χ2n) is 8.70. The molecule has 1 aromatic carbocycles. The SMILES string of the molecule is CC[C@@H]1C=C(c2ccc(-c3cc(Oc4ccc(S(C)(=O)=O)nc4)cc(O[C@@H](C)COC)c3)[nH]2)NC1. The Morgan fingerprint density at radius 1 is 1.09 bits per heavy atom. The first kappa shape index (κ1) is 24.8. The molecule has 0 fully saturated rings. The Labute approximate surface area is 206 Å². The number of benzene rings is 1. The van der Waals surface area contributed by atoms with Gasteiger partial charge in [0.05, 0.1) is 24.2 Å². The van der Waals surface area contributed by atoms with Crippen LogP contribution < -0.4 is 14.8 Å². The standard InChI is InChI=1S/C26H31N3O5S/c1-5-18-10-25(27-14-18)24-8-7-23(29-24)19-11-21(33-17(2)16-32-3)13-22(12-19)34-20-6-9-26(28-15-20)35(4,30)31/h6-13,15,17-18,27,29H,5,14,16H2,1-4H3/t17-,18+/m0/s1. The molecule has 0 amide bonds.